The van der Waals surface area contributed by atoms with Gasteiger partial charge in [0.2, 0.25) is 0 Å². The maximum absolute atomic E-state index is 12.8. The Morgan fingerprint density at radius 3 is 2.73 bits per heavy atom. The highest BCUT2D eigenvalue weighted by Gasteiger charge is 2.20. The Morgan fingerprint density at radius 2 is 2.08 bits per heavy atom. The van der Waals surface area contributed by atoms with Gasteiger partial charge in [-0.15, -0.1) is 0 Å². The zero-order valence-corrected chi connectivity index (χ0v) is 14.8. The van der Waals surface area contributed by atoms with Gasteiger partial charge in [-0.25, -0.2) is 4.79 Å². The van der Waals surface area contributed by atoms with Gasteiger partial charge in [-0.2, -0.15) is 0 Å². The monoisotopic (exact) mass is 358 g/mol. The standard InChI is InChI=1S/C19H22N2O5/c1-13-3-5-15(6-4-13)21-10-14(19(23)24)9-17(18(21)22)26-12-16-11-20(2)7-8-25-16/h3-6,9-10,16H,7-8,11-12H2,1-2H3,(H,23,24)/t16-/m1/s1. The number of ether oxygens (including phenoxy) is 2. The number of nitrogens with zero attached hydrogens (tertiary/aromatic N) is 2. The molecule has 0 amide bonds. The minimum atomic E-state index is -1.12. The van der Waals surface area contributed by atoms with Crippen molar-refractivity contribution in [1.82, 2.24) is 9.47 Å². The summed E-state index contributed by atoms with van der Waals surface area (Å²) in [4.78, 5) is 26.3. The lowest BCUT2D eigenvalue weighted by atomic mass is 10.2. The molecule has 1 aromatic heterocycles. The fourth-order valence-electron chi connectivity index (χ4n) is 2.82. The SMILES string of the molecule is Cc1ccc(-n2cc(C(=O)O)cc(OC[C@H]3CN(C)CCO3)c2=O)cc1. The fourth-order valence-corrected chi connectivity index (χ4v) is 2.82. The number of hydrogen-bond acceptors (Lipinski definition) is 5. The van der Waals surface area contributed by atoms with Crippen molar-refractivity contribution in [3.05, 3.63) is 58.0 Å². The van der Waals surface area contributed by atoms with E-state index in [1.807, 2.05) is 26.1 Å². The molecule has 0 bridgehead atoms. The lowest BCUT2D eigenvalue weighted by Crippen LogP contribution is -2.43. The molecule has 0 saturated carbocycles. The van der Waals surface area contributed by atoms with Gasteiger partial charge in [0, 0.05) is 31.0 Å². The molecule has 26 heavy (non-hydrogen) atoms. The third-order valence-corrected chi connectivity index (χ3v) is 4.31. The summed E-state index contributed by atoms with van der Waals surface area (Å²) in [5.74, 6) is -1.12. The average Bonchev–Trinajstić information content (AvgIpc) is 2.61. The van der Waals surface area contributed by atoms with Gasteiger partial charge in [0.05, 0.1) is 12.2 Å². The van der Waals surface area contributed by atoms with Crippen LogP contribution in [0.5, 0.6) is 5.75 Å². The molecule has 1 fully saturated rings. The highest BCUT2D eigenvalue weighted by Crippen LogP contribution is 2.15. The maximum Gasteiger partial charge on any atom is 0.337 e. The highest BCUT2D eigenvalue weighted by molar-refractivity contribution is 5.87. The van der Waals surface area contributed by atoms with Gasteiger partial charge in [-0.05, 0) is 26.1 Å². The van der Waals surface area contributed by atoms with E-state index in [4.69, 9.17) is 9.47 Å². The molecule has 1 aromatic carbocycles. The van der Waals surface area contributed by atoms with Crippen LogP contribution in [0.25, 0.3) is 5.69 Å². The summed E-state index contributed by atoms with van der Waals surface area (Å²) in [6, 6.07) is 8.53. The summed E-state index contributed by atoms with van der Waals surface area (Å²) >= 11 is 0. The van der Waals surface area contributed by atoms with Crippen molar-refractivity contribution in [2.24, 2.45) is 0 Å². The van der Waals surface area contributed by atoms with Gasteiger partial charge in [-0.3, -0.25) is 9.36 Å². The normalized spacial score (nSPS) is 17.8. The van der Waals surface area contributed by atoms with E-state index in [1.54, 1.807) is 12.1 Å². The Labute approximate surface area is 151 Å². The van der Waals surface area contributed by atoms with E-state index in [0.717, 1.165) is 12.1 Å². The molecule has 3 rings (SSSR count). The first-order valence-corrected chi connectivity index (χ1v) is 8.44. The average molecular weight is 358 g/mol. The Hall–Kier alpha value is -2.64. The van der Waals surface area contributed by atoms with Crippen LogP contribution in [-0.4, -0.2) is 60.0 Å². The van der Waals surface area contributed by atoms with Crippen LogP contribution < -0.4 is 10.3 Å². The summed E-state index contributed by atoms with van der Waals surface area (Å²) < 4.78 is 12.6. The van der Waals surface area contributed by atoms with Gasteiger partial charge >= 0.3 is 5.97 Å². The van der Waals surface area contributed by atoms with Gasteiger partial charge in [0.25, 0.3) is 5.56 Å². The maximum atomic E-state index is 12.8. The predicted octanol–water partition coefficient (Wildman–Crippen LogP) is 1.55. The quantitative estimate of drug-likeness (QED) is 0.874. The molecule has 1 aliphatic heterocycles. The molecule has 1 saturated heterocycles. The first-order valence-electron chi connectivity index (χ1n) is 8.44. The second kappa shape index (κ2) is 7.72. The van der Waals surface area contributed by atoms with E-state index in [-0.39, 0.29) is 24.0 Å². The van der Waals surface area contributed by atoms with Crippen LogP contribution >= 0.6 is 0 Å². The number of aryl methyl sites for hydroxylation is 1. The Bertz CT molecular complexity index is 844. The number of aromatic nitrogens is 1. The number of benzene rings is 1. The van der Waals surface area contributed by atoms with Crippen molar-refractivity contribution in [1.29, 1.82) is 0 Å². The number of carboxylic acids is 1. The largest absolute Gasteiger partial charge is 0.485 e. The molecule has 138 valence electrons. The van der Waals surface area contributed by atoms with Crippen molar-refractivity contribution in [2.75, 3.05) is 33.4 Å². The van der Waals surface area contributed by atoms with Crippen LogP contribution in [0.4, 0.5) is 0 Å². The molecule has 1 N–H and O–H groups in total. The molecule has 2 aromatic rings. The lowest BCUT2D eigenvalue weighted by molar-refractivity contribution is -0.0405. The third-order valence-electron chi connectivity index (χ3n) is 4.31. The summed E-state index contributed by atoms with van der Waals surface area (Å²) in [6.07, 6.45) is 1.15. The summed E-state index contributed by atoms with van der Waals surface area (Å²) in [5.41, 5.74) is 1.22. The molecule has 0 radical (unpaired) electrons. The zero-order valence-electron chi connectivity index (χ0n) is 14.8. The second-order valence-corrected chi connectivity index (χ2v) is 6.47. The Balaban J connectivity index is 1.90. The molecule has 1 aliphatic rings. The summed E-state index contributed by atoms with van der Waals surface area (Å²) in [5, 5.41) is 9.36. The number of aromatic carboxylic acids is 1. The number of carbonyl (C=O) groups is 1. The molecular formula is C19H22N2O5. The summed E-state index contributed by atoms with van der Waals surface area (Å²) in [7, 11) is 1.99. The molecule has 2 heterocycles. The molecule has 0 spiro atoms. The minimum Gasteiger partial charge on any atom is -0.485 e. The van der Waals surface area contributed by atoms with E-state index >= 15 is 0 Å². The van der Waals surface area contributed by atoms with Crippen LogP contribution in [0.3, 0.4) is 0 Å². The van der Waals surface area contributed by atoms with Crippen LogP contribution in [0.2, 0.25) is 0 Å². The summed E-state index contributed by atoms with van der Waals surface area (Å²) in [6.45, 7) is 4.29. The van der Waals surface area contributed by atoms with E-state index in [2.05, 4.69) is 4.90 Å². The Kier molecular flexibility index (Phi) is 5.39. The van der Waals surface area contributed by atoms with Crippen LogP contribution in [0, 0.1) is 6.92 Å². The number of carboxylic acid groups (broad SMARTS) is 1. The molecule has 0 aliphatic carbocycles. The highest BCUT2D eigenvalue weighted by atomic mass is 16.5. The van der Waals surface area contributed by atoms with Gasteiger partial charge in [0.15, 0.2) is 5.75 Å². The van der Waals surface area contributed by atoms with Crippen molar-refractivity contribution < 1.29 is 19.4 Å². The van der Waals surface area contributed by atoms with E-state index < -0.39 is 11.5 Å². The molecule has 0 unspecified atom stereocenters. The molecular weight excluding hydrogens is 336 g/mol. The van der Waals surface area contributed by atoms with E-state index in [1.165, 1.54) is 16.8 Å². The smallest absolute Gasteiger partial charge is 0.337 e. The van der Waals surface area contributed by atoms with Crippen LogP contribution in [0.15, 0.2) is 41.3 Å². The molecule has 1 atom stereocenters. The second-order valence-electron chi connectivity index (χ2n) is 6.47. The number of morpholine rings is 1. The van der Waals surface area contributed by atoms with Crippen molar-refractivity contribution in [2.45, 2.75) is 13.0 Å². The lowest BCUT2D eigenvalue weighted by Gasteiger charge is -2.29. The van der Waals surface area contributed by atoms with Crippen molar-refractivity contribution >= 4 is 5.97 Å². The van der Waals surface area contributed by atoms with Crippen molar-refractivity contribution in [3.63, 3.8) is 0 Å². The van der Waals surface area contributed by atoms with Crippen LogP contribution in [0.1, 0.15) is 15.9 Å². The molecule has 7 nitrogen and oxygen atoms in total. The van der Waals surface area contributed by atoms with Gasteiger partial charge < -0.3 is 19.5 Å². The number of likely N-dealkylation sites (N-methyl/N-ethyl adjacent to an activating group) is 1. The van der Waals surface area contributed by atoms with Gasteiger partial charge in [-0.1, -0.05) is 17.7 Å². The Morgan fingerprint density at radius 1 is 1.35 bits per heavy atom. The number of hydrogen-bond donors (Lipinski definition) is 1. The van der Waals surface area contributed by atoms with Crippen molar-refractivity contribution in [3.8, 4) is 11.4 Å². The van der Waals surface area contributed by atoms with Gasteiger partial charge in [0.1, 0.15) is 12.7 Å². The fraction of sp³-hybridized carbons (Fsp3) is 0.368. The first kappa shape index (κ1) is 18.2. The third kappa shape index (κ3) is 4.12. The minimum absolute atomic E-state index is 0.00213. The van der Waals surface area contributed by atoms with Crippen LogP contribution in [-0.2, 0) is 4.74 Å². The van der Waals surface area contributed by atoms with E-state index in [0.29, 0.717) is 18.8 Å². The molecule has 7 heteroatoms. The number of rotatable bonds is 5. The topological polar surface area (TPSA) is 81.0 Å². The van der Waals surface area contributed by atoms with E-state index in [9.17, 15) is 14.7 Å². The zero-order chi connectivity index (χ0) is 18.7. The number of pyridine rings is 1. The first-order chi connectivity index (χ1) is 12.4. The predicted molar refractivity (Wildman–Crippen MR) is 96.5 cm³/mol.